The molecule has 5 N–H and O–H groups in total. The second-order valence-electron chi connectivity index (χ2n) is 25.0. The number of hydrogen-bond donors (Lipinski definition) is 4. The van der Waals surface area contributed by atoms with E-state index in [2.05, 4.69) is 166 Å². The number of aromatic nitrogens is 4. The molecule has 6 heterocycles. The third kappa shape index (κ3) is 15.0. The number of H-pyrrole nitrogens is 2. The summed E-state index contributed by atoms with van der Waals surface area (Å²) in [4.78, 5) is 60.8. The van der Waals surface area contributed by atoms with E-state index in [0.717, 1.165) is 95.3 Å². The third-order valence-corrected chi connectivity index (χ3v) is 18.2. The molecule has 0 saturated carbocycles. The number of aliphatic imine (C=N–C) groups is 2. The van der Waals surface area contributed by atoms with Crippen molar-refractivity contribution in [1.82, 2.24) is 44.9 Å². The number of likely N-dealkylation sites (N-methyl/N-ethyl adjacent to an activating group) is 2. The van der Waals surface area contributed by atoms with Crippen LogP contribution in [0.4, 0.5) is 0 Å². The van der Waals surface area contributed by atoms with Crippen LogP contribution in [-0.2, 0) is 33.3 Å². The Morgan fingerprint density at radius 2 is 1.00 bits per heavy atom. The number of pyridine rings is 2. The molecule has 4 aromatic heterocycles. The van der Waals surface area contributed by atoms with Crippen molar-refractivity contribution < 1.29 is 9.59 Å². The summed E-state index contributed by atoms with van der Waals surface area (Å²) in [5.74, 6) is 2.33. The first-order chi connectivity index (χ1) is 42.3. The van der Waals surface area contributed by atoms with E-state index >= 15 is 0 Å². The van der Waals surface area contributed by atoms with Gasteiger partial charge in [0, 0.05) is 135 Å². The summed E-state index contributed by atoms with van der Waals surface area (Å²) in [6.07, 6.45) is 13.0. The van der Waals surface area contributed by atoms with E-state index in [9.17, 15) is 14.9 Å². The van der Waals surface area contributed by atoms with Crippen LogP contribution in [0, 0.1) is 39.1 Å². The first kappa shape index (κ1) is 66.5. The Balaban J connectivity index is 0.000000228. The van der Waals surface area contributed by atoms with Gasteiger partial charge >= 0.3 is 0 Å². The van der Waals surface area contributed by atoms with Gasteiger partial charge in [0.25, 0.3) is 0 Å². The van der Waals surface area contributed by atoms with E-state index < -0.39 is 10.8 Å². The summed E-state index contributed by atoms with van der Waals surface area (Å²) in [6.45, 7) is 32.0. The van der Waals surface area contributed by atoms with Gasteiger partial charge in [-0.15, -0.1) is 12.4 Å². The molecule has 2 saturated heterocycles. The maximum atomic E-state index is 13.6. The number of aromatic amines is 2. The maximum absolute atomic E-state index is 13.6. The number of nitrogens with one attached hydrogen (secondary N) is 3. The number of rotatable bonds is 18. The van der Waals surface area contributed by atoms with E-state index in [1.165, 1.54) is 50.1 Å². The van der Waals surface area contributed by atoms with Crippen LogP contribution in [0.25, 0.3) is 44.3 Å². The minimum absolute atomic E-state index is 0. The number of carbonyl (C=O) groups excluding carboxylic acids is 2. The second kappa shape index (κ2) is 29.2. The highest BCUT2D eigenvalue weighted by Crippen LogP contribution is 2.38. The highest BCUT2D eigenvalue weighted by molar-refractivity contribution is 5.96. The van der Waals surface area contributed by atoms with Crippen molar-refractivity contribution in [1.29, 1.82) is 5.26 Å². The molecule has 16 heteroatoms. The van der Waals surface area contributed by atoms with Gasteiger partial charge in [-0.2, -0.15) is 5.26 Å². The van der Waals surface area contributed by atoms with Crippen molar-refractivity contribution >= 4 is 57.9 Å². The average molecular weight is 1220 g/mol. The van der Waals surface area contributed by atoms with Crippen molar-refractivity contribution in [3.8, 4) is 28.7 Å². The Morgan fingerprint density at radius 3 is 1.40 bits per heavy atom. The van der Waals surface area contributed by atoms with E-state index in [1.54, 1.807) is 0 Å². The molecule has 0 radical (unpaired) electrons. The predicted octanol–water partition coefficient (Wildman–Crippen LogP) is 13.2. The van der Waals surface area contributed by atoms with E-state index in [0.29, 0.717) is 69.4 Å². The Hall–Kier alpha value is -8.48. The largest absolute Gasteiger partial charge is 0.370 e. The Bertz CT molecular complexity index is 3810. The normalized spacial score (nSPS) is 15.4. The summed E-state index contributed by atoms with van der Waals surface area (Å²) in [6, 6.07) is 34.4. The number of likely N-dealkylation sites (tertiary alicyclic amines) is 2. The molecule has 2 fully saturated rings. The van der Waals surface area contributed by atoms with Gasteiger partial charge in [0.05, 0.1) is 10.8 Å². The molecule has 4 aromatic carbocycles. The number of aryl methyl sites for hydroxylation is 4. The van der Waals surface area contributed by atoms with Crippen LogP contribution in [-0.4, -0.2) is 129 Å². The molecule has 2 unspecified atom stereocenters. The summed E-state index contributed by atoms with van der Waals surface area (Å²) in [5.41, 5.74) is 23.6. The van der Waals surface area contributed by atoms with E-state index in [4.69, 9.17) is 15.7 Å². The lowest BCUT2D eigenvalue weighted by Gasteiger charge is -2.31. The quantitative estimate of drug-likeness (QED) is 0.0280. The molecule has 0 aliphatic carbocycles. The molecule has 468 valence electrons. The number of nitrogens with two attached hydrogens (primary N) is 1. The maximum Gasteiger partial charge on any atom is 0.232 e. The van der Waals surface area contributed by atoms with E-state index in [-0.39, 0.29) is 24.2 Å². The summed E-state index contributed by atoms with van der Waals surface area (Å²) in [7, 11) is 0. The minimum atomic E-state index is -0.669. The molecule has 2 amide bonds. The molecule has 0 spiro atoms. The van der Waals surface area contributed by atoms with Crippen molar-refractivity contribution in [2.75, 3.05) is 65.4 Å². The van der Waals surface area contributed by atoms with Crippen molar-refractivity contribution in [3.63, 3.8) is 0 Å². The molecule has 8 aromatic rings. The second-order valence-corrected chi connectivity index (χ2v) is 25.0. The lowest BCUT2D eigenvalue weighted by Crippen LogP contribution is -2.43. The van der Waals surface area contributed by atoms with Gasteiger partial charge in [0.15, 0.2) is 12.2 Å². The third-order valence-electron chi connectivity index (χ3n) is 18.2. The molecule has 2 aliphatic heterocycles. The summed E-state index contributed by atoms with van der Waals surface area (Å²) in [5, 5.41) is 14.7. The molecule has 10 rings (SSSR count). The van der Waals surface area contributed by atoms with Gasteiger partial charge in [-0.3, -0.25) is 34.9 Å². The number of halogens is 1. The SMILES string of the molecule is CCN(CC)C(=O)C(C)(C)c1ccc2[nH]c(-c3cc(C)cc(C)c3)c(CCN=C(N)N3CCC(c4ccncc4)C3)c2c1.CCN(CC)C(=O)C(C)(C)c1ccc2[nH]c(-c3cc(C)cc(C)c3)c(CCN=C(NC#N)N3CCC(c4ccncc4)C3)c2c1.Cl. The minimum Gasteiger partial charge on any atom is -0.370 e. The standard InChI is InChI=1S/C37H45N7O.C36H46N6O.ClH/c1-7-43(8-2)35(45)37(5,6)30-9-10-33-32(22-30)31(34(42-33)29-20-25(3)19-26(4)21-29)13-17-40-36(41-24-38)44-18-14-28(23-44)27-11-15-39-16-12-27;1-7-41(8-2)34(43)36(5,6)29-9-10-32-31(22-29)30(33(40-32)28-20-24(3)19-25(4)21-28)13-17-39-35(37)42-18-14-27(23-42)26-11-15-38-16-12-26;/h9-12,15-16,19-22,28,42H,7-8,13-14,17-18,23H2,1-6H3,(H,40,41);9-12,15-16,19-22,27,40H,7-8,13-14,17-18,23H2,1-6H3,(H2,37,39);1H. The summed E-state index contributed by atoms with van der Waals surface area (Å²) < 4.78 is 0. The van der Waals surface area contributed by atoms with Gasteiger partial charge in [-0.1, -0.05) is 46.5 Å². The lowest BCUT2D eigenvalue weighted by molar-refractivity contribution is -0.136. The number of benzene rings is 4. The molecule has 2 atom stereocenters. The van der Waals surface area contributed by atoms with Gasteiger partial charge < -0.3 is 35.3 Å². The number of carbonyl (C=O) groups is 2. The highest BCUT2D eigenvalue weighted by atomic mass is 35.5. The zero-order chi connectivity index (χ0) is 62.9. The number of amides is 2. The van der Waals surface area contributed by atoms with Crippen LogP contribution >= 0.6 is 12.4 Å². The van der Waals surface area contributed by atoms with Gasteiger partial charge in [0.1, 0.15) is 0 Å². The number of guanidine groups is 2. The Kier molecular flexibility index (Phi) is 21.8. The zero-order valence-corrected chi connectivity index (χ0v) is 55.2. The number of hydrogen-bond acceptors (Lipinski definition) is 7. The average Bonchev–Trinajstić information content (AvgIpc) is 1.88. The first-order valence-electron chi connectivity index (χ1n) is 31.6. The van der Waals surface area contributed by atoms with Crippen LogP contribution in [0.1, 0.15) is 136 Å². The Morgan fingerprint density at radius 1 is 0.607 bits per heavy atom. The van der Waals surface area contributed by atoms with Gasteiger partial charge in [-0.05, 0) is 226 Å². The number of fused-ring (bicyclic) bond motifs is 2. The lowest BCUT2D eigenvalue weighted by atomic mass is 9.82. The smallest absolute Gasteiger partial charge is 0.232 e. The highest BCUT2D eigenvalue weighted by Gasteiger charge is 2.35. The van der Waals surface area contributed by atoms with Crippen LogP contribution in [0.5, 0.6) is 0 Å². The predicted molar refractivity (Wildman–Crippen MR) is 367 cm³/mol. The van der Waals surface area contributed by atoms with Crippen LogP contribution in [0.2, 0.25) is 0 Å². The van der Waals surface area contributed by atoms with Crippen LogP contribution < -0.4 is 11.1 Å². The monoisotopic (exact) mass is 1220 g/mol. The van der Waals surface area contributed by atoms with Crippen molar-refractivity contribution in [2.24, 2.45) is 15.7 Å². The molecule has 2 aliphatic rings. The molecular weight excluding hydrogens is 1130 g/mol. The van der Waals surface area contributed by atoms with Crippen molar-refractivity contribution in [2.45, 2.75) is 131 Å². The fourth-order valence-corrected chi connectivity index (χ4v) is 13.2. The Labute approximate surface area is 533 Å². The molecular formula is C73H92ClN13O2. The fraction of sp³-hybridized carbons (Fsp3) is 0.411. The van der Waals surface area contributed by atoms with Crippen molar-refractivity contribution in [3.05, 3.63) is 177 Å². The first-order valence-corrected chi connectivity index (χ1v) is 31.6. The number of nitriles is 1. The number of nitrogens with zero attached hydrogens (tertiary/aromatic N) is 9. The fourth-order valence-electron chi connectivity index (χ4n) is 13.2. The summed E-state index contributed by atoms with van der Waals surface area (Å²) >= 11 is 0. The zero-order valence-electron chi connectivity index (χ0n) is 54.4. The van der Waals surface area contributed by atoms with E-state index in [1.807, 2.05) is 90.0 Å². The van der Waals surface area contributed by atoms with Gasteiger partial charge in [-0.25, -0.2) is 0 Å². The molecule has 15 nitrogen and oxygen atoms in total. The van der Waals surface area contributed by atoms with Crippen LogP contribution in [0.15, 0.2) is 132 Å². The molecule has 0 bridgehead atoms. The topological polar surface area (TPSA) is 191 Å². The molecule has 89 heavy (non-hydrogen) atoms. The van der Waals surface area contributed by atoms with Gasteiger partial charge in [0.2, 0.25) is 17.8 Å². The van der Waals surface area contributed by atoms with Crippen LogP contribution in [0.3, 0.4) is 0 Å².